The van der Waals surface area contributed by atoms with Crippen LogP contribution in [0.2, 0.25) is 0 Å². The molecule has 2 fully saturated rings. The second-order valence-corrected chi connectivity index (χ2v) is 9.84. The second-order valence-electron chi connectivity index (χ2n) is 9.84. The second kappa shape index (κ2) is 11.2. The zero-order chi connectivity index (χ0) is 25.8. The van der Waals surface area contributed by atoms with Crippen LogP contribution in [0.1, 0.15) is 50.6 Å². The van der Waals surface area contributed by atoms with Crippen LogP contribution in [-0.4, -0.2) is 59.6 Å². The van der Waals surface area contributed by atoms with E-state index in [2.05, 4.69) is 26.9 Å². The van der Waals surface area contributed by atoms with Crippen molar-refractivity contribution in [3.05, 3.63) is 48.0 Å². The molecule has 8 heteroatoms. The summed E-state index contributed by atoms with van der Waals surface area (Å²) < 4.78 is 13.4. The molecule has 3 aromatic rings. The van der Waals surface area contributed by atoms with Gasteiger partial charge in [-0.25, -0.2) is 4.79 Å². The van der Waals surface area contributed by atoms with Gasteiger partial charge in [-0.1, -0.05) is 12.1 Å². The van der Waals surface area contributed by atoms with Gasteiger partial charge in [0.25, 0.3) is 0 Å². The molecule has 0 bridgehead atoms. The number of ether oxygens (including phenoxy) is 2. The molecule has 194 valence electrons. The lowest BCUT2D eigenvalue weighted by atomic mass is 9.92. The summed E-state index contributed by atoms with van der Waals surface area (Å²) in [7, 11) is 0. The van der Waals surface area contributed by atoms with Crippen LogP contribution >= 0.6 is 0 Å². The highest BCUT2D eigenvalue weighted by atomic mass is 16.5. The van der Waals surface area contributed by atoms with Gasteiger partial charge in [-0.2, -0.15) is 5.26 Å². The number of hydrogen-bond acceptors (Lipinski definition) is 6. The number of β-amino-alcohol motifs (C(OH)–C–C–N with tert-alkyl or cyclic N) is 1. The number of anilines is 1. The number of amides is 1. The summed E-state index contributed by atoms with van der Waals surface area (Å²) in [5.74, 6) is 0.803. The Hall–Kier alpha value is -3.54. The standard InChI is InChI=1S/C29H34N4O4/c1-2-36-29(35)31-21-9-7-20(8-10-21)28-26(18-30)25-12-11-24(17-27(25)33(28)22-5-3-6-22)37-16-4-14-32-15-13-23(34)19-32/h7-12,17,22-23,34H,2-6,13-16,19H2,1H3,(H,31,35). The van der Waals surface area contributed by atoms with Gasteiger partial charge in [0.05, 0.1) is 36.1 Å². The quantitative estimate of drug-likeness (QED) is 0.385. The molecule has 1 saturated heterocycles. The van der Waals surface area contributed by atoms with E-state index < -0.39 is 6.09 Å². The van der Waals surface area contributed by atoms with Crippen molar-refractivity contribution in [2.45, 2.75) is 51.2 Å². The van der Waals surface area contributed by atoms with Crippen molar-refractivity contribution in [2.75, 3.05) is 38.2 Å². The molecular formula is C29H34N4O4. The van der Waals surface area contributed by atoms with Gasteiger partial charge in [0, 0.05) is 42.8 Å². The van der Waals surface area contributed by atoms with Crippen LogP contribution in [0, 0.1) is 11.3 Å². The molecule has 1 saturated carbocycles. The van der Waals surface area contributed by atoms with Crippen LogP contribution in [0.4, 0.5) is 10.5 Å². The van der Waals surface area contributed by atoms with Gasteiger partial charge in [-0.3, -0.25) is 5.32 Å². The molecule has 5 rings (SSSR count). The highest BCUT2D eigenvalue weighted by Crippen LogP contribution is 2.43. The van der Waals surface area contributed by atoms with Crippen molar-refractivity contribution in [2.24, 2.45) is 0 Å². The fourth-order valence-corrected chi connectivity index (χ4v) is 5.29. The first kappa shape index (κ1) is 25.1. The molecule has 1 amide bonds. The third kappa shape index (κ3) is 5.43. The van der Waals surface area contributed by atoms with E-state index in [1.807, 2.05) is 36.4 Å². The van der Waals surface area contributed by atoms with Gasteiger partial charge in [-0.05, 0) is 68.9 Å². The van der Waals surface area contributed by atoms with Gasteiger partial charge in [0.15, 0.2) is 0 Å². The number of hydrogen-bond donors (Lipinski definition) is 2. The predicted octanol–water partition coefficient (Wildman–Crippen LogP) is 5.31. The molecule has 0 spiro atoms. The molecule has 2 N–H and O–H groups in total. The van der Waals surface area contributed by atoms with Crippen LogP contribution in [0.5, 0.6) is 5.75 Å². The van der Waals surface area contributed by atoms with E-state index in [4.69, 9.17) is 9.47 Å². The Bertz CT molecular complexity index is 1290. The molecule has 1 unspecified atom stereocenters. The molecule has 8 nitrogen and oxygen atoms in total. The number of nitrogens with zero attached hydrogens (tertiary/aromatic N) is 3. The van der Waals surface area contributed by atoms with Crippen molar-refractivity contribution in [1.29, 1.82) is 5.26 Å². The third-order valence-corrected chi connectivity index (χ3v) is 7.34. The van der Waals surface area contributed by atoms with Gasteiger partial charge in [0.1, 0.15) is 11.8 Å². The zero-order valence-corrected chi connectivity index (χ0v) is 21.3. The predicted molar refractivity (Wildman–Crippen MR) is 143 cm³/mol. The lowest BCUT2D eigenvalue weighted by molar-refractivity contribution is 0.168. The van der Waals surface area contributed by atoms with Crippen molar-refractivity contribution >= 4 is 22.7 Å². The summed E-state index contributed by atoms with van der Waals surface area (Å²) in [6.45, 7) is 5.30. The number of aromatic nitrogens is 1. The van der Waals surface area contributed by atoms with Crippen molar-refractivity contribution < 1.29 is 19.4 Å². The van der Waals surface area contributed by atoms with E-state index in [-0.39, 0.29) is 6.10 Å². The number of benzene rings is 2. The Balaban J connectivity index is 1.40. The molecule has 2 heterocycles. The van der Waals surface area contributed by atoms with Crippen LogP contribution in [0.15, 0.2) is 42.5 Å². The first-order chi connectivity index (χ1) is 18.1. The number of likely N-dealkylation sites (tertiary alicyclic amines) is 1. The smallest absolute Gasteiger partial charge is 0.411 e. The molecule has 1 aliphatic heterocycles. The number of carbonyl (C=O) groups excluding carboxylic acids is 1. The maximum Gasteiger partial charge on any atom is 0.411 e. The van der Waals surface area contributed by atoms with E-state index in [0.29, 0.717) is 30.5 Å². The monoisotopic (exact) mass is 502 g/mol. The summed E-state index contributed by atoms with van der Waals surface area (Å²) in [5, 5.41) is 23.5. The molecule has 1 aromatic heterocycles. The van der Waals surface area contributed by atoms with E-state index in [1.165, 1.54) is 6.42 Å². The number of nitrogens with one attached hydrogen (secondary N) is 1. The zero-order valence-electron chi connectivity index (χ0n) is 21.3. The maximum atomic E-state index is 11.8. The highest BCUT2D eigenvalue weighted by molar-refractivity contribution is 5.96. The summed E-state index contributed by atoms with van der Waals surface area (Å²) in [5.41, 5.74) is 4.17. The molecule has 1 atom stereocenters. The van der Waals surface area contributed by atoms with Crippen LogP contribution < -0.4 is 10.1 Å². The Kier molecular flexibility index (Phi) is 7.63. The average molecular weight is 503 g/mol. The number of aliphatic hydroxyl groups excluding tert-OH is 1. The molecule has 1 aliphatic carbocycles. The minimum atomic E-state index is -0.484. The number of rotatable bonds is 9. The van der Waals surface area contributed by atoms with Crippen molar-refractivity contribution in [1.82, 2.24) is 9.47 Å². The van der Waals surface area contributed by atoms with Gasteiger partial charge in [0.2, 0.25) is 0 Å². The molecule has 37 heavy (non-hydrogen) atoms. The summed E-state index contributed by atoms with van der Waals surface area (Å²) in [6.07, 6.45) is 4.40. The minimum Gasteiger partial charge on any atom is -0.493 e. The normalized spacial score (nSPS) is 17.9. The Morgan fingerprint density at radius 1 is 1.19 bits per heavy atom. The van der Waals surface area contributed by atoms with E-state index in [0.717, 1.165) is 73.2 Å². The average Bonchev–Trinajstić information content (AvgIpc) is 3.42. The minimum absolute atomic E-state index is 0.198. The van der Waals surface area contributed by atoms with Gasteiger partial charge in [-0.15, -0.1) is 0 Å². The molecule has 2 aliphatic rings. The summed E-state index contributed by atoms with van der Waals surface area (Å²) in [6, 6.07) is 16.4. The fourth-order valence-electron chi connectivity index (χ4n) is 5.29. The molecule has 2 aromatic carbocycles. The first-order valence-corrected chi connectivity index (χ1v) is 13.2. The number of nitriles is 1. The van der Waals surface area contributed by atoms with Crippen molar-refractivity contribution in [3.63, 3.8) is 0 Å². The lowest BCUT2D eigenvalue weighted by Crippen LogP contribution is -2.24. The van der Waals surface area contributed by atoms with Crippen LogP contribution in [0.25, 0.3) is 22.2 Å². The largest absolute Gasteiger partial charge is 0.493 e. The molecular weight excluding hydrogens is 468 g/mol. The Morgan fingerprint density at radius 2 is 2.00 bits per heavy atom. The Morgan fingerprint density at radius 3 is 2.65 bits per heavy atom. The summed E-state index contributed by atoms with van der Waals surface area (Å²) in [4.78, 5) is 14.1. The third-order valence-electron chi connectivity index (χ3n) is 7.34. The SMILES string of the molecule is CCOC(=O)Nc1ccc(-c2c(C#N)c3ccc(OCCCN4CCC(O)C4)cc3n2C2CCC2)cc1. The number of carbonyl (C=O) groups is 1. The number of fused-ring (bicyclic) bond motifs is 1. The maximum absolute atomic E-state index is 11.8. The number of aliphatic hydroxyl groups is 1. The van der Waals surface area contributed by atoms with Crippen LogP contribution in [-0.2, 0) is 4.74 Å². The molecule has 0 radical (unpaired) electrons. The van der Waals surface area contributed by atoms with E-state index in [9.17, 15) is 15.2 Å². The van der Waals surface area contributed by atoms with Gasteiger partial charge >= 0.3 is 6.09 Å². The summed E-state index contributed by atoms with van der Waals surface area (Å²) >= 11 is 0. The van der Waals surface area contributed by atoms with Gasteiger partial charge < -0.3 is 24.0 Å². The van der Waals surface area contributed by atoms with E-state index in [1.54, 1.807) is 6.92 Å². The first-order valence-electron chi connectivity index (χ1n) is 13.2. The Labute approximate surface area is 217 Å². The van der Waals surface area contributed by atoms with Crippen LogP contribution in [0.3, 0.4) is 0 Å². The topological polar surface area (TPSA) is 99.8 Å². The van der Waals surface area contributed by atoms with E-state index >= 15 is 0 Å². The van der Waals surface area contributed by atoms with Crippen molar-refractivity contribution in [3.8, 4) is 23.1 Å². The highest BCUT2D eigenvalue weighted by Gasteiger charge is 2.28. The lowest BCUT2D eigenvalue weighted by Gasteiger charge is -2.30. The fraction of sp³-hybridized carbons (Fsp3) is 0.448.